The molecule has 6 aromatic rings. The van der Waals surface area contributed by atoms with Crippen LogP contribution < -0.4 is 22.5 Å². The molecule has 0 bridgehead atoms. The molecule has 6 atom stereocenters. The minimum atomic E-state index is -0.643. The van der Waals surface area contributed by atoms with Gasteiger partial charge in [-0.25, -0.2) is 19.0 Å². The van der Waals surface area contributed by atoms with Gasteiger partial charge in [0.25, 0.3) is 11.1 Å². The Hall–Kier alpha value is -6.22. The number of hydrogen-bond acceptors (Lipinski definition) is 14. The Morgan fingerprint density at radius 3 is 1.83 bits per heavy atom. The molecule has 20 heteroatoms. The smallest absolute Gasteiger partial charge is 0.330 e. The Labute approximate surface area is 304 Å². The molecule has 20 nitrogen and oxygen atoms in total. The summed E-state index contributed by atoms with van der Waals surface area (Å²) >= 11 is 0. The molecule has 54 heavy (non-hydrogen) atoms. The molecule has 0 aliphatic carbocycles. The minimum Gasteiger partial charge on any atom is -0.394 e. The SMILES string of the molecule is Cc1cn([C@H]2C[C@H](n3cc(-c4ccccn4)nn3)[C@@H](CO)O2)c(=O)[nH]c1=O.Cc1cn([C@H]2C[C@H](n3nncc3-c3ccccn3)[C@@H](CO)O2)c(=O)[nH]c1=O. The molecule has 2 saturated heterocycles. The largest absolute Gasteiger partial charge is 0.394 e. The molecule has 0 radical (unpaired) electrons. The van der Waals surface area contributed by atoms with Crippen LogP contribution in [0.5, 0.6) is 0 Å². The van der Waals surface area contributed by atoms with Gasteiger partial charge in [-0.3, -0.25) is 38.7 Å². The molecule has 0 aromatic carbocycles. The van der Waals surface area contributed by atoms with E-state index in [1.807, 2.05) is 36.4 Å². The lowest BCUT2D eigenvalue weighted by molar-refractivity contribution is -0.0323. The van der Waals surface area contributed by atoms with E-state index in [2.05, 4.69) is 40.6 Å². The fourth-order valence-corrected chi connectivity index (χ4v) is 6.49. The molecule has 0 spiro atoms. The van der Waals surface area contributed by atoms with E-state index >= 15 is 0 Å². The molecule has 2 aliphatic heterocycles. The van der Waals surface area contributed by atoms with Crippen molar-refractivity contribution in [3.05, 3.63) is 126 Å². The maximum Gasteiger partial charge on any atom is 0.330 e. The van der Waals surface area contributed by atoms with Gasteiger partial charge in [-0.05, 0) is 38.1 Å². The third-order valence-corrected chi connectivity index (χ3v) is 9.27. The Balaban J connectivity index is 0.000000167. The number of aromatic nitrogens is 12. The van der Waals surface area contributed by atoms with Gasteiger partial charge in [-0.15, -0.1) is 10.2 Å². The number of hydrogen-bond donors (Lipinski definition) is 4. The normalized spacial score (nSPS) is 22.2. The van der Waals surface area contributed by atoms with E-state index in [4.69, 9.17) is 9.47 Å². The van der Waals surface area contributed by atoms with Gasteiger partial charge >= 0.3 is 11.4 Å². The number of rotatable bonds is 8. The first-order valence-corrected chi connectivity index (χ1v) is 17.0. The van der Waals surface area contributed by atoms with E-state index in [9.17, 15) is 29.4 Å². The van der Waals surface area contributed by atoms with Crippen LogP contribution >= 0.6 is 0 Å². The second kappa shape index (κ2) is 15.4. The summed E-state index contributed by atoms with van der Waals surface area (Å²) < 4.78 is 17.7. The first kappa shape index (κ1) is 36.2. The number of nitrogens with zero attached hydrogens (tertiary/aromatic N) is 10. The summed E-state index contributed by atoms with van der Waals surface area (Å²) in [6, 6.07) is 10.4. The number of aromatic amines is 2. The number of aryl methyl sites for hydroxylation is 2. The summed E-state index contributed by atoms with van der Waals surface area (Å²) in [5.74, 6) is 0. The summed E-state index contributed by atoms with van der Waals surface area (Å²) in [7, 11) is 0. The average molecular weight is 741 g/mol. The maximum atomic E-state index is 12.2. The van der Waals surface area contributed by atoms with Gasteiger partial charge in [0, 0.05) is 48.8 Å². The van der Waals surface area contributed by atoms with E-state index in [1.165, 1.54) is 21.5 Å². The zero-order valence-electron chi connectivity index (χ0n) is 29.0. The van der Waals surface area contributed by atoms with Crippen molar-refractivity contribution in [1.82, 2.24) is 59.1 Å². The summed E-state index contributed by atoms with van der Waals surface area (Å²) in [6.07, 6.45) is 7.95. The fraction of sp³-hybridized carbons (Fsp3) is 0.353. The predicted octanol–water partition coefficient (Wildman–Crippen LogP) is 0.0392. The first-order chi connectivity index (χ1) is 26.1. The Morgan fingerprint density at radius 2 is 1.28 bits per heavy atom. The lowest BCUT2D eigenvalue weighted by Gasteiger charge is -2.17. The van der Waals surface area contributed by atoms with Crippen molar-refractivity contribution in [1.29, 1.82) is 0 Å². The first-order valence-electron chi connectivity index (χ1n) is 17.0. The molecule has 2 fully saturated rings. The van der Waals surface area contributed by atoms with Crippen LogP contribution in [-0.2, 0) is 9.47 Å². The number of pyridine rings is 2. The van der Waals surface area contributed by atoms with E-state index in [-0.39, 0.29) is 25.3 Å². The molecule has 280 valence electrons. The highest BCUT2D eigenvalue weighted by molar-refractivity contribution is 5.53. The van der Waals surface area contributed by atoms with Gasteiger partial charge in [-0.2, -0.15) is 0 Å². The minimum absolute atomic E-state index is 0.239. The van der Waals surface area contributed by atoms with E-state index in [0.717, 1.165) is 0 Å². The van der Waals surface area contributed by atoms with Crippen molar-refractivity contribution in [2.45, 2.75) is 63.4 Å². The third-order valence-electron chi connectivity index (χ3n) is 9.27. The van der Waals surface area contributed by atoms with Crippen molar-refractivity contribution in [3.63, 3.8) is 0 Å². The Morgan fingerprint density at radius 1 is 0.722 bits per heavy atom. The van der Waals surface area contributed by atoms with Gasteiger partial charge in [0.15, 0.2) is 0 Å². The monoisotopic (exact) mass is 740 g/mol. The van der Waals surface area contributed by atoms with Crippen LogP contribution in [0.1, 0.15) is 48.5 Å². The molecule has 2 aliphatic rings. The van der Waals surface area contributed by atoms with Crippen molar-refractivity contribution in [2.75, 3.05) is 13.2 Å². The van der Waals surface area contributed by atoms with Gasteiger partial charge in [0.1, 0.15) is 36.1 Å². The molecule has 0 amide bonds. The summed E-state index contributed by atoms with van der Waals surface area (Å²) in [6.45, 7) is 2.74. The quantitative estimate of drug-likeness (QED) is 0.161. The summed E-state index contributed by atoms with van der Waals surface area (Å²) in [5.41, 5.74) is 1.50. The summed E-state index contributed by atoms with van der Waals surface area (Å²) in [5, 5.41) is 35.9. The standard InChI is InChI=1S/2C17H18N6O4/c1-10-8-22(17(26)20-16(10)25)15-6-12(14(9-24)27-15)23-13(7-19-21-23)11-4-2-3-5-18-11;1-10-7-22(17(26)19-16(10)25)15-6-13(14(9-24)27-15)23-8-12(20-21-23)11-4-2-3-5-18-11/h2-5,7-8,12,14-15,24H,6,9H2,1H3,(H,20,25,26);2-5,7-8,13-15,24H,6,9H2,1H3,(H,19,25,26)/t12-,14+,15+;13-,14+,15+/m00/s1. The van der Waals surface area contributed by atoms with Crippen LogP contribution in [0, 0.1) is 13.8 Å². The van der Waals surface area contributed by atoms with E-state index < -0.39 is 47.2 Å². The van der Waals surface area contributed by atoms with E-state index in [1.54, 1.807) is 48.0 Å². The van der Waals surface area contributed by atoms with Crippen molar-refractivity contribution < 1.29 is 19.7 Å². The lowest BCUT2D eigenvalue weighted by atomic mass is 10.1. The van der Waals surface area contributed by atoms with Crippen molar-refractivity contribution in [3.8, 4) is 22.8 Å². The zero-order chi connectivity index (χ0) is 37.9. The number of aliphatic hydroxyl groups excluding tert-OH is 2. The number of aliphatic hydroxyl groups is 2. The highest BCUT2D eigenvalue weighted by Gasteiger charge is 2.40. The average Bonchev–Trinajstić information content (AvgIpc) is 4.01. The van der Waals surface area contributed by atoms with Crippen LogP contribution in [0.4, 0.5) is 0 Å². The molecule has 8 heterocycles. The van der Waals surface area contributed by atoms with Crippen molar-refractivity contribution >= 4 is 0 Å². The van der Waals surface area contributed by atoms with Crippen LogP contribution in [0.2, 0.25) is 0 Å². The Kier molecular flexibility index (Phi) is 10.3. The maximum absolute atomic E-state index is 12.2. The van der Waals surface area contributed by atoms with Crippen LogP contribution in [0.25, 0.3) is 22.8 Å². The second-order valence-corrected chi connectivity index (χ2v) is 12.8. The molecular formula is C34H36N12O8. The third kappa shape index (κ3) is 7.22. The highest BCUT2D eigenvalue weighted by atomic mass is 16.5. The number of nitrogens with one attached hydrogen (secondary N) is 2. The molecule has 6 aromatic heterocycles. The lowest BCUT2D eigenvalue weighted by Crippen LogP contribution is -2.33. The molecular weight excluding hydrogens is 704 g/mol. The van der Waals surface area contributed by atoms with Crippen LogP contribution in [-0.4, -0.2) is 94.7 Å². The van der Waals surface area contributed by atoms with Gasteiger partial charge in [0.05, 0.1) is 49.1 Å². The molecule has 8 rings (SSSR count). The fourth-order valence-electron chi connectivity index (χ4n) is 6.49. The highest BCUT2D eigenvalue weighted by Crippen LogP contribution is 2.38. The van der Waals surface area contributed by atoms with Crippen LogP contribution in [0.3, 0.4) is 0 Å². The topological polar surface area (TPSA) is 256 Å². The number of H-pyrrole nitrogens is 2. The van der Waals surface area contributed by atoms with E-state index in [0.29, 0.717) is 46.7 Å². The second-order valence-electron chi connectivity index (χ2n) is 12.8. The molecule has 4 N–H and O–H groups in total. The van der Waals surface area contributed by atoms with Gasteiger partial charge < -0.3 is 19.7 Å². The number of ether oxygens (including phenoxy) is 2. The predicted molar refractivity (Wildman–Crippen MR) is 188 cm³/mol. The van der Waals surface area contributed by atoms with Crippen molar-refractivity contribution in [2.24, 2.45) is 0 Å². The van der Waals surface area contributed by atoms with Gasteiger partial charge in [0.2, 0.25) is 0 Å². The zero-order valence-corrected chi connectivity index (χ0v) is 29.0. The molecule has 0 unspecified atom stereocenters. The Bertz CT molecular complexity index is 2460. The van der Waals surface area contributed by atoms with Gasteiger partial charge in [-0.1, -0.05) is 22.6 Å². The van der Waals surface area contributed by atoms with Crippen LogP contribution in [0.15, 0.2) is 92.8 Å². The molecule has 0 saturated carbocycles. The summed E-state index contributed by atoms with van der Waals surface area (Å²) in [4.78, 5) is 60.6.